The average molecular weight is 530 g/mol. The first-order valence-corrected chi connectivity index (χ1v) is 13.5. The quantitative estimate of drug-likeness (QED) is 0.345. The van der Waals surface area contributed by atoms with Gasteiger partial charge in [0, 0.05) is 16.8 Å². The number of anilines is 2. The molecule has 182 valence electrons. The minimum absolute atomic E-state index is 0.0119. The normalized spacial score (nSPS) is 11.7. The van der Waals surface area contributed by atoms with Gasteiger partial charge < -0.3 is 5.32 Å². The van der Waals surface area contributed by atoms with Gasteiger partial charge in [0.2, 0.25) is 5.91 Å². The number of aryl methyl sites for hydroxylation is 1. The van der Waals surface area contributed by atoms with Crippen molar-refractivity contribution in [3.8, 4) is 0 Å². The number of thiazole rings is 1. The van der Waals surface area contributed by atoms with E-state index in [-0.39, 0.29) is 15.8 Å². The molecule has 1 aromatic heterocycles. The molecule has 0 aliphatic heterocycles. The molecule has 0 saturated heterocycles. The second kappa shape index (κ2) is 9.85. The van der Waals surface area contributed by atoms with Crippen LogP contribution in [0.3, 0.4) is 0 Å². The predicted molar refractivity (Wildman–Crippen MR) is 142 cm³/mol. The van der Waals surface area contributed by atoms with E-state index in [1.165, 1.54) is 24.3 Å². The molecule has 35 heavy (non-hydrogen) atoms. The maximum atomic E-state index is 13.5. The number of benzene rings is 3. The Morgan fingerprint density at radius 1 is 1.06 bits per heavy atom. The number of rotatable bonds is 7. The molecule has 3 aromatic carbocycles. The third-order valence-electron chi connectivity index (χ3n) is 5.42. The predicted octanol–water partition coefficient (Wildman–Crippen LogP) is 5.44. The van der Waals surface area contributed by atoms with Crippen molar-refractivity contribution in [2.24, 2.45) is 0 Å². The second-order valence-corrected chi connectivity index (χ2v) is 11.7. The highest BCUT2D eigenvalue weighted by Crippen LogP contribution is 2.27. The van der Waals surface area contributed by atoms with Crippen molar-refractivity contribution in [3.63, 3.8) is 0 Å². The highest BCUT2D eigenvalue weighted by Gasteiger charge is 2.27. The lowest BCUT2D eigenvalue weighted by Crippen LogP contribution is -2.38. The van der Waals surface area contributed by atoms with E-state index in [0.29, 0.717) is 16.4 Å². The van der Waals surface area contributed by atoms with Gasteiger partial charge in [-0.15, -0.1) is 0 Å². The number of nitrogens with zero attached hydrogens (tertiary/aromatic N) is 2. The molecule has 0 unspecified atom stereocenters. The molecule has 0 fully saturated rings. The summed E-state index contributed by atoms with van der Waals surface area (Å²) < 4.78 is 30.4. The van der Waals surface area contributed by atoms with E-state index in [4.69, 9.17) is 11.6 Å². The summed E-state index contributed by atoms with van der Waals surface area (Å²) in [6, 6.07) is 17.9. The van der Waals surface area contributed by atoms with E-state index >= 15 is 0 Å². The summed E-state index contributed by atoms with van der Waals surface area (Å²) in [7, 11) is -4.05. The molecule has 0 bridgehead atoms. The molecule has 1 amide bonds. The van der Waals surface area contributed by atoms with Gasteiger partial charge in [-0.2, -0.15) is 0 Å². The summed E-state index contributed by atoms with van der Waals surface area (Å²) in [5.41, 5.74) is 2.60. The highest BCUT2D eigenvalue weighted by molar-refractivity contribution is 7.92. The molecule has 0 spiro atoms. The average Bonchev–Trinajstić information content (AvgIpc) is 3.13. The minimum Gasteiger partial charge on any atom is -0.324 e. The fourth-order valence-corrected chi connectivity index (χ4v) is 6.29. The molecule has 1 N–H and O–H groups in total. The number of carbonyl (C=O) groups is 1. The number of fused-ring (bicyclic) bond motifs is 1. The van der Waals surface area contributed by atoms with Gasteiger partial charge in [-0.05, 0) is 75.4 Å². The summed E-state index contributed by atoms with van der Waals surface area (Å²) in [6.45, 7) is 5.33. The Morgan fingerprint density at radius 3 is 2.34 bits per heavy atom. The summed E-state index contributed by atoms with van der Waals surface area (Å²) in [6.07, 6.45) is 0. The summed E-state index contributed by atoms with van der Waals surface area (Å²) >= 11 is 7.03. The number of carbonyl (C=O) groups excluding carboxylic acids is 1. The minimum atomic E-state index is -4.05. The van der Waals surface area contributed by atoms with Crippen LogP contribution in [0.4, 0.5) is 11.4 Å². The van der Waals surface area contributed by atoms with Crippen molar-refractivity contribution in [1.29, 1.82) is 0 Å². The molecule has 0 saturated carbocycles. The van der Waals surface area contributed by atoms with Crippen molar-refractivity contribution in [2.75, 3.05) is 16.2 Å². The van der Waals surface area contributed by atoms with Crippen LogP contribution in [0, 0.1) is 6.92 Å². The molecule has 10 heteroatoms. The van der Waals surface area contributed by atoms with Crippen LogP contribution in [0.15, 0.2) is 76.4 Å². The van der Waals surface area contributed by atoms with Gasteiger partial charge >= 0.3 is 4.87 Å². The Kier molecular flexibility index (Phi) is 7.02. The van der Waals surface area contributed by atoms with Crippen molar-refractivity contribution < 1.29 is 13.2 Å². The first kappa shape index (κ1) is 25.0. The third-order valence-corrected chi connectivity index (χ3v) is 8.38. The number of halogens is 1. The molecule has 4 rings (SSSR count). The van der Waals surface area contributed by atoms with Crippen LogP contribution in [-0.4, -0.2) is 25.4 Å². The van der Waals surface area contributed by atoms with E-state index in [1.807, 2.05) is 20.8 Å². The van der Waals surface area contributed by atoms with Crippen LogP contribution in [0.25, 0.3) is 10.2 Å². The number of aromatic nitrogens is 1. The molecule has 7 nitrogen and oxygen atoms in total. The summed E-state index contributed by atoms with van der Waals surface area (Å²) in [5, 5.41) is 3.18. The van der Waals surface area contributed by atoms with Crippen molar-refractivity contribution in [2.45, 2.75) is 31.7 Å². The number of hydrogen-bond donors (Lipinski definition) is 1. The number of sulfonamides is 1. The topological polar surface area (TPSA) is 88.5 Å². The van der Waals surface area contributed by atoms with Crippen LogP contribution in [0.5, 0.6) is 0 Å². The Labute approximate surface area is 212 Å². The van der Waals surface area contributed by atoms with Gasteiger partial charge in [-0.25, -0.2) is 8.42 Å². The molecule has 4 aromatic rings. The summed E-state index contributed by atoms with van der Waals surface area (Å²) in [5.74, 6) is -0.516. The van der Waals surface area contributed by atoms with Gasteiger partial charge in [-0.3, -0.25) is 18.5 Å². The molecule has 0 atom stereocenters. The Bertz CT molecular complexity index is 1540. The second-order valence-electron chi connectivity index (χ2n) is 8.36. The van der Waals surface area contributed by atoms with E-state index in [2.05, 4.69) is 5.32 Å². The molecule has 0 radical (unpaired) electrons. The van der Waals surface area contributed by atoms with Crippen LogP contribution in [0.1, 0.15) is 25.5 Å². The SMILES string of the molecule is Cc1ccc(N(CC(=O)Nc2ccc3c(c2)sc(=O)n3C(C)C)S(=O)(=O)c2ccc(Cl)cc2)cc1. The molecule has 0 aliphatic carbocycles. The first-order valence-electron chi connectivity index (χ1n) is 10.9. The largest absolute Gasteiger partial charge is 0.324 e. The Morgan fingerprint density at radius 2 is 1.71 bits per heavy atom. The van der Waals surface area contributed by atoms with Gasteiger partial charge in [-0.1, -0.05) is 40.6 Å². The van der Waals surface area contributed by atoms with Crippen LogP contribution in [0.2, 0.25) is 5.02 Å². The zero-order valence-corrected chi connectivity index (χ0v) is 21.7. The fourth-order valence-electron chi connectivity index (χ4n) is 3.69. The van der Waals surface area contributed by atoms with Gasteiger partial charge in [0.1, 0.15) is 6.54 Å². The van der Waals surface area contributed by atoms with E-state index < -0.39 is 22.5 Å². The Hall–Kier alpha value is -3.14. The van der Waals surface area contributed by atoms with Crippen LogP contribution >= 0.6 is 22.9 Å². The molecular formula is C25H24ClN3O4S2. The standard InChI is InChI=1S/C25H24ClN3O4S2/c1-16(2)29-22-13-8-19(14-23(22)34-25(29)31)27-24(30)15-28(20-9-4-17(3)5-10-20)35(32,33)21-11-6-18(26)7-12-21/h4-14,16H,15H2,1-3H3,(H,27,30). The zero-order valence-electron chi connectivity index (χ0n) is 19.4. The van der Waals surface area contributed by atoms with Gasteiger partial charge in [0.05, 0.1) is 20.8 Å². The number of amides is 1. The van der Waals surface area contributed by atoms with E-state index in [0.717, 1.165) is 31.4 Å². The Balaban J connectivity index is 1.64. The smallest absolute Gasteiger partial charge is 0.308 e. The fraction of sp³-hybridized carbons (Fsp3) is 0.200. The van der Waals surface area contributed by atoms with Crippen LogP contribution < -0.4 is 14.5 Å². The number of hydrogen-bond acceptors (Lipinski definition) is 5. The maximum absolute atomic E-state index is 13.5. The molecular weight excluding hydrogens is 506 g/mol. The lowest BCUT2D eigenvalue weighted by molar-refractivity contribution is -0.114. The van der Waals surface area contributed by atoms with Crippen molar-refractivity contribution in [1.82, 2.24) is 4.57 Å². The lowest BCUT2D eigenvalue weighted by Gasteiger charge is -2.24. The maximum Gasteiger partial charge on any atom is 0.308 e. The molecule has 1 heterocycles. The van der Waals surface area contributed by atoms with Crippen molar-refractivity contribution in [3.05, 3.63) is 87.0 Å². The number of nitrogens with one attached hydrogen (secondary N) is 1. The zero-order chi connectivity index (χ0) is 25.3. The highest BCUT2D eigenvalue weighted by atomic mass is 35.5. The summed E-state index contributed by atoms with van der Waals surface area (Å²) in [4.78, 5) is 25.3. The van der Waals surface area contributed by atoms with E-state index in [9.17, 15) is 18.0 Å². The third kappa shape index (κ3) is 5.27. The van der Waals surface area contributed by atoms with Gasteiger partial charge in [0.25, 0.3) is 10.0 Å². The first-order chi connectivity index (χ1) is 16.6. The van der Waals surface area contributed by atoms with Crippen molar-refractivity contribution >= 4 is 60.5 Å². The molecule has 0 aliphatic rings. The monoisotopic (exact) mass is 529 g/mol. The van der Waals surface area contributed by atoms with Gasteiger partial charge in [0.15, 0.2) is 0 Å². The van der Waals surface area contributed by atoms with Crippen LogP contribution in [-0.2, 0) is 14.8 Å². The lowest BCUT2D eigenvalue weighted by atomic mass is 10.2. The van der Waals surface area contributed by atoms with E-state index in [1.54, 1.807) is 47.0 Å².